The molecule has 2 N–H and O–H groups in total. The molecular weight excluding hydrogens is 296 g/mol. The van der Waals surface area contributed by atoms with Crippen LogP contribution in [0.5, 0.6) is 0 Å². The third kappa shape index (κ3) is 4.01. The topological polar surface area (TPSA) is 113 Å². The Hall–Kier alpha value is -1.96. The first-order valence-corrected chi connectivity index (χ1v) is 8.03. The highest BCUT2D eigenvalue weighted by Gasteiger charge is 2.30. The molecule has 0 saturated carbocycles. The summed E-state index contributed by atoms with van der Waals surface area (Å²) >= 11 is 0. The molecular formula is C13H18N2O5S. The molecule has 0 aromatic carbocycles. The number of aromatic nitrogens is 1. The second-order valence-corrected chi connectivity index (χ2v) is 8.00. The summed E-state index contributed by atoms with van der Waals surface area (Å²) in [7, 11) is -3.32. The van der Waals surface area contributed by atoms with Gasteiger partial charge in [-0.2, -0.15) is 0 Å². The Morgan fingerprint density at radius 1 is 1.33 bits per heavy atom. The van der Waals surface area contributed by atoms with Gasteiger partial charge in [0.2, 0.25) is 0 Å². The van der Waals surface area contributed by atoms with Gasteiger partial charge in [-0.1, -0.05) is 0 Å². The zero-order chi connectivity index (χ0) is 16.4. The van der Waals surface area contributed by atoms with Crippen molar-refractivity contribution in [2.24, 2.45) is 0 Å². The van der Waals surface area contributed by atoms with Crippen LogP contribution in [0.1, 0.15) is 40.4 Å². The van der Waals surface area contributed by atoms with Crippen LogP contribution in [0.3, 0.4) is 0 Å². The molecule has 0 spiro atoms. The van der Waals surface area contributed by atoms with Gasteiger partial charge in [-0.3, -0.25) is 4.79 Å². The number of carboxylic acids is 1. The van der Waals surface area contributed by atoms with Crippen LogP contribution >= 0.6 is 0 Å². The number of aryl methyl sites for hydroxylation is 1. The highest BCUT2D eigenvalue weighted by Crippen LogP contribution is 2.14. The molecule has 0 unspecified atom stereocenters. The molecule has 1 aromatic rings. The molecule has 1 heterocycles. The molecule has 0 radical (unpaired) electrons. The number of aromatic carboxylic acids is 1. The van der Waals surface area contributed by atoms with Crippen LogP contribution < -0.4 is 5.32 Å². The molecule has 0 atom stereocenters. The number of carbonyl (C=O) groups excluding carboxylic acids is 1. The van der Waals surface area contributed by atoms with E-state index >= 15 is 0 Å². The molecule has 8 heteroatoms. The van der Waals surface area contributed by atoms with Crippen LogP contribution in [0.2, 0.25) is 0 Å². The first-order chi connectivity index (χ1) is 9.45. The van der Waals surface area contributed by atoms with Gasteiger partial charge >= 0.3 is 5.97 Å². The van der Waals surface area contributed by atoms with Crippen molar-refractivity contribution >= 4 is 21.7 Å². The molecule has 0 bridgehead atoms. The molecule has 0 saturated heterocycles. The summed E-state index contributed by atoms with van der Waals surface area (Å²) in [5.41, 5.74) is 0.280. The number of nitrogens with one attached hydrogen (secondary N) is 1. The number of nitrogens with zero attached hydrogens (tertiary/aromatic N) is 1. The van der Waals surface area contributed by atoms with E-state index in [0.717, 1.165) is 6.26 Å². The van der Waals surface area contributed by atoms with Gasteiger partial charge in [0.05, 0.1) is 16.0 Å². The van der Waals surface area contributed by atoms with E-state index in [9.17, 15) is 18.0 Å². The number of amides is 1. The molecule has 0 aliphatic rings. The Kier molecular flexibility index (Phi) is 4.72. The van der Waals surface area contributed by atoms with Crippen LogP contribution in [0.4, 0.5) is 0 Å². The van der Waals surface area contributed by atoms with Crippen LogP contribution in [-0.4, -0.2) is 47.9 Å². The number of hydrogen-bond donors (Lipinski definition) is 2. The lowest BCUT2D eigenvalue weighted by Crippen LogP contribution is -2.44. The molecule has 7 nitrogen and oxygen atoms in total. The minimum atomic E-state index is -3.32. The average molecular weight is 314 g/mol. The summed E-state index contributed by atoms with van der Waals surface area (Å²) in [6.45, 7) is 4.44. The maximum absolute atomic E-state index is 11.9. The molecule has 0 fully saturated rings. The van der Waals surface area contributed by atoms with E-state index in [4.69, 9.17) is 5.11 Å². The van der Waals surface area contributed by atoms with Gasteiger partial charge in [0.15, 0.2) is 9.84 Å². The third-order valence-corrected chi connectivity index (χ3v) is 5.38. The van der Waals surface area contributed by atoms with Gasteiger partial charge in [0, 0.05) is 12.8 Å². The number of carboxylic acid groups (broad SMARTS) is 1. The molecule has 0 aliphatic carbocycles. The second kappa shape index (κ2) is 5.80. The lowest BCUT2D eigenvalue weighted by atomic mass is 10.1. The lowest BCUT2D eigenvalue weighted by Gasteiger charge is -2.22. The summed E-state index contributed by atoms with van der Waals surface area (Å²) < 4.78 is 22.0. The zero-order valence-electron chi connectivity index (χ0n) is 12.3. The zero-order valence-corrected chi connectivity index (χ0v) is 13.1. The fourth-order valence-electron chi connectivity index (χ4n) is 1.43. The summed E-state index contributed by atoms with van der Waals surface area (Å²) in [6, 6.07) is 2.58. The van der Waals surface area contributed by atoms with Crippen LogP contribution in [-0.2, 0) is 9.84 Å². The first-order valence-electron chi connectivity index (χ1n) is 6.14. The van der Waals surface area contributed by atoms with E-state index in [1.54, 1.807) is 0 Å². The summed E-state index contributed by atoms with van der Waals surface area (Å²) in [5.74, 6) is -1.67. The van der Waals surface area contributed by atoms with Crippen molar-refractivity contribution in [2.75, 3.05) is 12.8 Å². The van der Waals surface area contributed by atoms with Gasteiger partial charge in [-0.15, -0.1) is 0 Å². The Morgan fingerprint density at radius 3 is 2.33 bits per heavy atom. The van der Waals surface area contributed by atoms with Gasteiger partial charge < -0.3 is 10.4 Å². The molecule has 0 aliphatic heterocycles. The molecule has 116 valence electrons. The predicted molar refractivity (Wildman–Crippen MR) is 77.2 cm³/mol. The molecule has 1 amide bonds. The smallest absolute Gasteiger partial charge is 0.337 e. The fourth-order valence-corrected chi connectivity index (χ4v) is 1.76. The highest BCUT2D eigenvalue weighted by atomic mass is 32.2. The van der Waals surface area contributed by atoms with Gasteiger partial charge in [-0.25, -0.2) is 18.2 Å². The number of pyridine rings is 1. The number of rotatable bonds is 5. The lowest BCUT2D eigenvalue weighted by molar-refractivity contribution is 0.0694. The Balaban J connectivity index is 2.87. The van der Waals surface area contributed by atoms with E-state index in [2.05, 4.69) is 10.3 Å². The summed E-state index contributed by atoms with van der Waals surface area (Å²) in [4.78, 5) is 26.7. The van der Waals surface area contributed by atoms with Crippen molar-refractivity contribution in [3.05, 3.63) is 29.1 Å². The van der Waals surface area contributed by atoms with Gasteiger partial charge in [-0.05, 0) is 32.9 Å². The van der Waals surface area contributed by atoms with E-state index in [1.165, 1.54) is 32.9 Å². The predicted octanol–water partition coefficient (Wildman–Crippen LogP) is 0.641. The normalized spacial score (nSPS) is 12.0. The molecule has 1 aromatic heterocycles. The minimum absolute atomic E-state index is 0.0167. The largest absolute Gasteiger partial charge is 0.478 e. The Morgan fingerprint density at radius 2 is 1.90 bits per heavy atom. The van der Waals surface area contributed by atoms with Crippen molar-refractivity contribution < 1.29 is 23.1 Å². The summed E-state index contributed by atoms with van der Waals surface area (Å²) in [5, 5.41) is 11.4. The van der Waals surface area contributed by atoms with E-state index in [1.807, 2.05) is 0 Å². The standard InChI is InChI=1S/C13H18N2O5S/c1-8-9(12(17)18)5-6-10(15-8)11(16)14-7-13(2,3)21(4,19)20/h5-6H,7H2,1-4H3,(H,14,16)(H,17,18). The van der Waals surface area contributed by atoms with Gasteiger partial charge in [0.25, 0.3) is 5.91 Å². The van der Waals surface area contributed by atoms with Crippen molar-refractivity contribution in [1.29, 1.82) is 0 Å². The van der Waals surface area contributed by atoms with E-state index in [-0.39, 0.29) is 23.5 Å². The van der Waals surface area contributed by atoms with Crippen LogP contribution in [0.15, 0.2) is 12.1 Å². The van der Waals surface area contributed by atoms with Crippen LogP contribution in [0.25, 0.3) is 0 Å². The van der Waals surface area contributed by atoms with E-state index < -0.39 is 26.5 Å². The van der Waals surface area contributed by atoms with Crippen molar-refractivity contribution in [3.63, 3.8) is 0 Å². The van der Waals surface area contributed by atoms with Gasteiger partial charge in [0.1, 0.15) is 5.69 Å². The summed E-state index contributed by atoms with van der Waals surface area (Å²) in [6.07, 6.45) is 1.10. The minimum Gasteiger partial charge on any atom is -0.478 e. The fraction of sp³-hybridized carbons (Fsp3) is 0.462. The maximum atomic E-state index is 11.9. The SMILES string of the molecule is Cc1nc(C(=O)NCC(C)(C)S(C)(=O)=O)ccc1C(=O)O. The van der Waals surface area contributed by atoms with Crippen LogP contribution in [0, 0.1) is 6.92 Å². The quantitative estimate of drug-likeness (QED) is 0.824. The van der Waals surface area contributed by atoms with Crippen molar-refractivity contribution in [1.82, 2.24) is 10.3 Å². The monoisotopic (exact) mass is 314 g/mol. The average Bonchev–Trinajstić information content (AvgIpc) is 2.34. The second-order valence-electron chi connectivity index (χ2n) is 5.35. The molecule has 1 rings (SSSR count). The van der Waals surface area contributed by atoms with Crippen molar-refractivity contribution in [3.8, 4) is 0 Å². The number of sulfone groups is 1. The van der Waals surface area contributed by atoms with E-state index in [0.29, 0.717) is 0 Å². The number of carbonyl (C=O) groups is 2. The Labute approximate surface area is 123 Å². The molecule has 21 heavy (non-hydrogen) atoms. The maximum Gasteiger partial charge on any atom is 0.337 e. The van der Waals surface area contributed by atoms with Crippen molar-refractivity contribution in [2.45, 2.75) is 25.5 Å². The third-order valence-electron chi connectivity index (χ3n) is 3.23. The number of hydrogen-bond acceptors (Lipinski definition) is 5. The Bertz CT molecular complexity index is 680. The highest BCUT2D eigenvalue weighted by molar-refractivity contribution is 7.92. The first kappa shape index (κ1) is 17.1.